The number of fused-ring (bicyclic) bond motifs is 1. The Hall–Kier alpha value is -1.58. The number of hydrogen-bond donors (Lipinski definition) is 0. The van der Waals surface area contributed by atoms with E-state index in [1.165, 1.54) is 17.4 Å². The summed E-state index contributed by atoms with van der Waals surface area (Å²) in [6, 6.07) is 12.1. The van der Waals surface area contributed by atoms with Gasteiger partial charge in [-0.1, -0.05) is 33.3 Å². The number of rotatable bonds is 5. The average Bonchev–Trinajstić information content (AvgIpc) is 3.15. The Balaban J connectivity index is 0.00000240. The van der Waals surface area contributed by atoms with Crippen molar-refractivity contribution in [1.29, 1.82) is 0 Å². The first-order valence-corrected chi connectivity index (χ1v) is 10.7. The predicted octanol–water partition coefficient (Wildman–Crippen LogP) is 4.60. The SMILES string of the molecule is Cl.O=C(c1ccc(Br)cc1)N(CCN1CCOCC1)c1nc2c(F)cccc2s1. The minimum Gasteiger partial charge on any atom is -0.379 e. The van der Waals surface area contributed by atoms with Gasteiger partial charge in [0.25, 0.3) is 5.91 Å². The molecule has 2 aromatic carbocycles. The van der Waals surface area contributed by atoms with E-state index < -0.39 is 0 Å². The van der Waals surface area contributed by atoms with Gasteiger partial charge < -0.3 is 4.74 Å². The molecule has 0 aliphatic carbocycles. The van der Waals surface area contributed by atoms with Crippen molar-refractivity contribution in [2.24, 2.45) is 0 Å². The molecule has 2 heterocycles. The van der Waals surface area contributed by atoms with Crippen molar-refractivity contribution >= 4 is 60.9 Å². The number of benzene rings is 2. The number of morpholine rings is 1. The van der Waals surface area contributed by atoms with E-state index in [4.69, 9.17) is 4.74 Å². The van der Waals surface area contributed by atoms with E-state index >= 15 is 0 Å². The third kappa shape index (κ3) is 5.13. The largest absolute Gasteiger partial charge is 0.379 e. The maximum Gasteiger partial charge on any atom is 0.260 e. The summed E-state index contributed by atoms with van der Waals surface area (Å²) in [4.78, 5) is 21.6. The summed E-state index contributed by atoms with van der Waals surface area (Å²) in [5.41, 5.74) is 0.882. The molecule has 5 nitrogen and oxygen atoms in total. The Morgan fingerprint density at radius 2 is 1.93 bits per heavy atom. The maximum atomic E-state index is 14.1. The Kier molecular flexibility index (Phi) is 7.59. The van der Waals surface area contributed by atoms with Gasteiger partial charge in [-0.2, -0.15) is 0 Å². The van der Waals surface area contributed by atoms with Crippen molar-refractivity contribution in [2.45, 2.75) is 0 Å². The molecular weight excluding hydrogens is 481 g/mol. The molecule has 1 saturated heterocycles. The zero-order valence-corrected chi connectivity index (χ0v) is 18.7. The highest BCUT2D eigenvalue weighted by molar-refractivity contribution is 9.10. The van der Waals surface area contributed by atoms with Crippen LogP contribution in [-0.4, -0.2) is 55.2 Å². The summed E-state index contributed by atoms with van der Waals surface area (Å²) >= 11 is 4.73. The molecule has 0 bridgehead atoms. The summed E-state index contributed by atoms with van der Waals surface area (Å²) in [6.45, 7) is 4.28. The van der Waals surface area contributed by atoms with Gasteiger partial charge in [0, 0.05) is 36.2 Å². The molecule has 29 heavy (non-hydrogen) atoms. The molecule has 0 atom stereocenters. The second-order valence-corrected chi connectivity index (χ2v) is 8.43. The zero-order valence-electron chi connectivity index (χ0n) is 15.5. The first-order chi connectivity index (χ1) is 13.6. The zero-order chi connectivity index (χ0) is 19.5. The lowest BCUT2D eigenvalue weighted by atomic mass is 10.2. The normalized spacial score (nSPS) is 14.6. The molecule has 9 heteroatoms. The fourth-order valence-corrected chi connectivity index (χ4v) is 4.39. The van der Waals surface area contributed by atoms with Gasteiger partial charge in [-0.3, -0.25) is 14.6 Å². The van der Waals surface area contributed by atoms with Crippen molar-refractivity contribution in [2.75, 3.05) is 44.3 Å². The third-order valence-corrected chi connectivity index (χ3v) is 6.24. The number of amides is 1. The van der Waals surface area contributed by atoms with Crippen LogP contribution in [-0.2, 0) is 4.74 Å². The van der Waals surface area contributed by atoms with Gasteiger partial charge in [-0.05, 0) is 36.4 Å². The Bertz CT molecular complexity index is 980. The highest BCUT2D eigenvalue weighted by Gasteiger charge is 2.23. The molecule has 0 spiro atoms. The number of carbonyl (C=O) groups excluding carboxylic acids is 1. The average molecular weight is 501 g/mol. The Morgan fingerprint density at radius 3 is 2.62 bits per heavy atom. The molecule has 0 unspecified atom stereocenters. The lowest BCUT2D eigenvalue weighted by Gasteiger charge is -2.29. The lowest BCUT2D eigenvalue weighted by molar-refractivity contribution is 0.0391. The molecule has 1 aliphatic heterocycles. The molecule has 0 saturated carbocycles. The minimum atomic E-state index is -0.371. The van der Waals surface area contributed by atoms with E-state index in [1.54, 1.807) is 23.1 Å². The monoisotopic (exact) mass is 499 g/mol. The summed E-state index contributed by atoms with van der Waals surface area (Å²) < 4.78 is 21.2. The molecule has 1 aliphatic rings. The van der Waals surface area contributed by atoms with Crippen LogP contribution in [0.2, 0.25) is 0 Å². The minimum absolute atomic E-state index is 0. The smallest absolute Gasteiger partial charge is 0.260 e. The topological polar surface area (TPSA) is 45.7 Å². The highest BCUT2D eigenvalue weighted by Crippen LogP contribution is 2.31. The number of thiazole rings is 1. The quantitative estimate of drug-likeness (QED) is 0.514. The van der Waals surface area contributed by atoms with Gasteiger partial charge in [0.15, 0.2) is 5.13 Å². The van der Waals surface area contributed by atoms with E-state index in [1.807, 2.05) is 18.2 Å². The fraction of sp³-hybridized carbons (Fsp3) is 0.300. The summed E-state index contributed by atoms with van der Waals surface area (Å²) in [5.74, 6) is -0.510. The van der Waals surface area contributed by atoms with E-state index in [0.29, 0.717) is 42.5 Å². The van der Waals surface area contributed by atoms with Gasteiger partial charge in [0.2, 0.25) is 0 Å². The van der Waals surface area contributed by atoms with Crippen LogP contribution in [0.3, 0.4) is 0 Å². The number of anilines is 1. The van der Waals surface area contributed by atoms with Crippen molar-refractivity contribution in [3.05, 3.63) is 58.3 Å². The number of halogens is 3. The van der Waals surface area contributed by atoms with E-state index in [0.717, 1.165) is 22.3 Å². The van der Waals surface area contributed by atoms with E-state index in [-0.39, 0.29) is 24.1 Å². The molecule has 1 amide bonds. The molecule has 1 aromatic heterocycles. The van der Waals surface area contributed by atoms with Gasteiger partial charge in [-0.15, -0.1) is 12.4 Å². The summed E-state index contributed by atoms with van der Waals surface area (Å²) in [6.07, 6.45) is 0. The molecule has 3 aromatic rings. The Labute approximate surface area is 187 Å². The third-order valence-electron chi connectivity index (χ3n) is 4.67. The van der Waals surface area contributed by atoms with Crippen LogP contribution in [0.5, 0.6) is 0 Å². The van der Waals surface area contributed by atoms with Crippen molar-refractivity contribution in [1.82, 2.24) is 9.88 Å². The van der Waals surface area contributed by atoms with Crippen LogP contribution in [0.15, 0.2) is 46.9 Å². The van der Waals surface area contributed by atoms with E-state index in [9.17, 15) is 9.18 Å². The molecule has 154 valence electrons. The molecular formula is C20H20BrClFN3O2S. The number of nitrogens with zero attached hydrogens (tertiary/aromatic N) is 3. The van der Waals surface area contributed by atoms with Gasteiger partial charge in [0.05, 0.1) is 17.9 Å². The second-order valence-electron chi connectivity index (χ2n) is 6.50. The molecule has 0 N–H and O–H groups in total. The van der Waals surface area contributed by atoms with Crippen LogP contribution in [0, 0.1) is 5.82 Å². The van der Waals surface area contributed by atoms with Crippen LogP contribution < -0.4 is 4.90 Å². The van der Waals surface area contributed by atoms with Gasteiger partial charge in [-0.25, -0.2) is 9.37 Å². The maximum absolute atomic E-state index is 14.1. The number of carbonyl (C=O) groups is 1. The number of ether oxygens (including phenoxy) is 1. The Morgan fingerprint density at radius 1 is 1.21 bits per heavy atom. The van der Waals surface area contributed by atoms with Crippen molar-refractivity contribution in [3.63, 3.8) is 0 Å². The second kappa shape index (κ2) is 9.95. The summed E-state index contributed by atoms with van der Waals surface area (Å²) in [5, 5.41) is 0.515. The predicted molar refractivity (Wildman–Crippen MR) is 120 cm³/mol. The molecule has 1 fully saturated rings. The van der Waals surface area contributed by atoms with Crippen molar-refractivity contribution in [3.8, 4) is 0 Å². The van der Waals surface area contributed by atoms with Crippen LogP contribution in [0.25, 0.3) is 10.2 Å². The van der Waals surface area contributed by atoms with Crippen LogP contribution in [0.4, 0.5) is 9.52 Å². The van der Waals surface area contributed by atoms with Crippen molar-refractivity contribution < 1.29 is 13.9 Å². The lowest BCUT2D eigenvalue weighted by Crippen LogP contribution is -2.43. The van der Waals surface area contributed by atoms with Gasteiger partial charge in [0.1, 0.15) is 11.3 Å². The first-order valence-electron chi connectivity index (χ1n) is 9.04. The molecule has 4 rings (SSSR count). The van der Waals surface area contributed by atoms with Gasteiger partial charge >= 0.3 is 0 Å². The first kappa shape index (κ1) is 22.1. The van der Waals surface area contributed by atoms with Crippen LogP contribution in [0.1, 0.15) is 10.4 Å². The molecule has 0 radical (unpaired) electrons. The van der Waals surface area contributed by atoms with E-state index in [2.05, 4.69) is 25.8 Å². The number of hydrogen-bond acceptors (Lipinski definition) is 5. The standard InChI is InChI=1S/C20H19BrFN3O2S.ClH/c21-15-6-4-14(5-7-15)19(26)25(9-8-24-10-12-27-13-11-24)20-23-18-16(22)2-1-3-17(18)28-20;/h1-7H,8-13H2;1H. The number of aromatic nitrogens is 1. The number of para-hydroxylation sites is 1. The fourth-order valence-electron chi connectivity index (χ4n) is 3.12. The summed E-state index contributed by atoms with van der Waals surface area (Å²) in [7, 11) is 0. The highest BCUT2D eigenvalue weighted by atomic mass is 79.9. The van der Waals surface area contributed by atoms with Crippen LogP contribution >= 0.6 is 39.7 Å².